The van der Waals surface area contributed by atoms with E-state index >= 15 is 0 Å². The van der Waals surface area contributed by atoms with E-state index < -0.39 is 4.92 Å². The Kier molecular flexibility index (Phi) is 3.88. The number of anilines is 1. The van der Waals surface area contributed by atoms with Crippen LogP contribution in [0, 0.1) is 10.1 Å². The number of hydrogen-bond donors (Lipinski definition) is 0. The van der Waals surface area contributed by atoms with E-state index in [-0.39, 0.29) is 22.8 Å². The van der Waals surface area contributed by atoms with Crippen LogP contribution in [-0.4, -0.2) is 29.6 Å². The van der Waals surface area contributed by atoms with Crippen LogP contribution in [0.4, 0.5) is 11.4 Å². The first-order valence-electron chi connectivity index (χ1n) is 8.50. The summed E-state index contributed by atoms with van der Waals surface area (Å²) in [5.41, 5.74) is 2.12. The molecule has 1 heterocycles. The van der Waals surface area contributed by atoms with E-state index in [4.69, 9.17) is 0 Å². The Bertz CT molecular complexity index is 935. The standard InChI is InChI=1S/C20H16N2O4/c23-19-15-5-1-2-6-16(15)20(24)17(19)12-13-11-14(22(25)26)7-8-18(13)21-9-3-4-10-21/h1-2,5-8,11-12H,3-4,9-10H2. The average Bonchev–Trinajstić information content (AvgIpc) is 3.26. The lowest BCUT2D eigenvalue weighted by atomic mass is 10.0. The molecule has 6 heteroatoms. The molecule has 0 unspecified atom stereocenters. The van der Waals surface area contributed by atoms with Gasteiger partial charge >= 0.3 is 0 Å². The molecule has 0 amide bonds. The Hall–Kier alpha value is -3.28. The number of allylic oxidation sites excluding steroid dienone is 1. The Morgan fingerprint density at radius 1 is 0.962 bits per heavy atom. The third kappa shape index (κ3) is 2.60. The van der Waals surface area contributed by atoms with Crippen molar-refractivity contribution < 1.29 is 14.5 Å². The molecule has 0 saturated carbocycles. The lowest BCUT2D eigenvalue weighted by Crippen LogP contribution is -2.18. The zero-order valence-electron chi connectivity index (χ0n) is 14.0. The van der Waals surface area contributed by atoms with Crippen LogP contribution in [-0.2, 0) is 0 Å². The average molecular weight is 348 g/mol. The van der Waals surface area contributed by atoms with Gasteiger partial charge in [0.15, 0.2) is 11.6 Å². The zero-order chi connectivity index (χ0) is 18.3. The fourth-order valence-corrected chi connectivity index (χ4v) is 3.58. The van der Waals surface area contributed by atoms with Gasteiger partial charge in [0, 0.05) is 47.6 Å². The highest BCUT2D eigenvalue weighted by Crippen LogP contribution is 2.33. The molecule has 4 rings (SSSR count). The largest absolute Gasteiger partial charge is 0.371 e. The molecule has 2 aliphatic rings. The maximum atomic E-state index is 12.6. The Morgan fingerprint density at radius 3 is 2.15 bits per heavy atom. The molecule has 0 bridgehead atoms. The van der Waals surface area contributed by atoms with Crippen molar-refractivity contribution in [2.24, 2.45) is 0 Å². The first-order chi connectivity index (χ1) is 12.6. The first-order valence-corrected chi connectivity index (χ1v) is 8.50. The Morgan fingerprint density at radius 2 is 1.58 bits per heavy atom. The van der Waals surface area contributed by atoms with Crippen LogP contribution in [0.3, 0.4) is 0 Å². The summed E-state index contributed by atoms with van der Waals surface area (Å²) in [7, 11) is 0. The molecule has 1 aliphatic carbocycles. The number of non-ortho nitro benzene ring substituents is 1. The maximum absolute atomic E-state index is 12.6. The molecule has 1 saturated heterocycles. The van der Waals surface area contributed by atoms with E-state index in [2.05, 4.69) is 4.90 Å². The fraction of sp³-hybridized carbons (Fsp3) is 0.200. The van der Waals surface area contributed by atoms with Gasteiger partial charge in [-0.15, -0.1) is 0 Å². The highest BCUT2D eigenvalue weighted by molar-refractivity contribution is 6.41. The van der Waals surface area contributed by atoms with Gasteiger partial charge in [-0.05, 0) is 25.0 Å². The second-order valence-electron chi connectivity index (χ2n) is 6.46. The molecule has 1 aliphatic heterocycles. The number of nitro groups is 1. The fourth-order valence-electron chi connectivity index (χ4n) is 3.58. The first kappa shape index (κ1) is 16.2. The van der Waals surface area contributed by atoms with Gasteiger partial charge < -0.3 is 4.90 Å². The number of Topliss-reactive ketones (excluding diaryl/α,β-unsaturated/α-hetero) is 2. The predicted octanol–water partition coefficient (Wildman–Crippen LogP) is 3.66. The van der Waals surface area contributed by atoms with E-state index in [0.29, 0.717) is 16.7 Å². The molecule has 0 aromatic heterocycles. The molecule has 0 spiro atoms. The third-order valence-electron chi connectivity index (χ3n) is 4.87. The topological polar surface area (TPSA) is 80.5 Å². The molecule has 0 radical (unpaired) electrons. The van der Waals surface area contributed by atoms with Crippen LogP contribution in [0.15, 0.2) is 48.0 Å². The minimum absolute atomic E-state index is 0.0600. The summed E-state index contributed by atoms with van der Waals surface area (Å²) in [4.78, 5) is 38.1. The number of benzene rings is 2. The quantitative estimate of drug-likeness (QED) is 0.366. The van der Waals surface area contributed by atoms with Crippen LogP contribution in [0.1, 0.15) is 39.1 Å². The highest BCUT2D eigenvalue weighted by Gasteiger charge is 2.33. The highest BCUT2D eigenvalue weighted by atomic mass is 16.6. The predicted molar refractivity (Wildman–Crippen MR) is 97.6 cm³/mol. The summed E-state index contributed by atoms with van der Waals surface area (Å²) in [6, 6.07) is 11.3. The van der Waals surface area contributed by atoms with Crippen molar-refractivity contribution in [3.63, 3.8) is 0 Å². The van der Waals surface area contributed by atoms with Crippen molar-refractivity contribution in [1.29, 1.82) is 0 Å². The summed E-state index contributed by atoms with van der Waals surface area (Å²) in [5, 5.41) is 11.2. The Labute approximate surface area is 149 Å². The molecule has 1 fully saturated rings. The molecular weight excluding hydrogens is 332 g/mol. The van der Waals surface area contributed by atoms with Gasteiger partial charge in [0.1, 0.15) is 0 Å². The second kappa shape index (κ2) is 6.22. The smallest absolute Gasteiger partial charge is 0.270 e. The molecule has 2 aromatic carbocycles. The molecular formula is C20H16N2O4. The van der Waals surface area contributed by atoms with Crippen molar-refractivity contribution in [3.05, 3.63) is 74.8 Å². The summed E-state index contributed by atoms with van der Waals surface area (Å²) < 4.78 is 0. The number of hydrogen-bond acceptors (Lipinski definition) is 5. The van der Waals surface area contributed by atoms with E-state index in [1.165, 1.54) is 18.2 Å². The van der Waals surface area contributed by atoms with E-state index in [1.54, 1.807) is 30.3 Å². The van der Waals surface area contributed by atoms with Gasteiger partial charge in [-0.25, -0.2) is 0 Å². The monoisotopic (exact) mass is 348 g/mol. The van der Waals surface area contributed by atoms with Gasteiger partial charge in [-0.3, -0.25) is 19.7 Å². The minimum atomic E-state index is -0.469. The number of ketones is 2. The number of rotatable bonds is 3. The number of fused-ring (bicyclic) bond motifs is 1. The lowest BCUT2D eigenvalue weighted by molar-refractivity contribution is -0.384. The van der Waals surface area contributed by atoms with Crippen molar-refractivity contribution in [2.45, 2.75) is 12.8 Å². The Balaban J connectivity index is 1.83. The second-order valence-corrected chi connectivity index (χ2v) is 6.46. The SMILES string of the molecule is O=C1C(=Cc2cc([N+](=O)[O-])ccc2N2CCCC2)C(=O)c2ccccc21. The van der Waals surface area contributed by atoms with Crippen LogP contribution in [0.2, 0.25) is 0 Å². The van der Waals surface area contributed by atoms with Gasteiger partial charge in [-0.2, -0.15) is 0 Å². The third-order valence-corrected chi connectivity index (χ3v) is 4.87. The summed E-state index contributed by atoms with van der Waals surface area (Å²) >= 11 is 0. The van der Waals surface area contributed by atoms with E-state index in [9.17, 15) is 19.7 Å². The molecule has 130 valence electrons. The van der Waals surface area contributed by atoms with E-state index in [0.717, 1.165) is 31.6 Å². The summed E-state index contributed by atoms with van der Waals surface area (Å²) in [5.74, 6) is -0.658. The van der Waals surface area contributed by atoms with Gasteiger partial charge in [-0.1, -0.05) is 24.3 Å². The van der Waals surface area contributed by atoms with Gasteiger partial charge in [0.05, 0.1) is 10.5 Å². The normalized spacial score (nSPS) is 16.2. The van der Waals surface area contributed by atoms with Crippen LogP contribution in [0.25, 0.3) is 6.08 Å². The number of carbonyl (C=O) groups excluding carboxylic acids is 2. The molecule has 0 N–H and O–H groups in total. The van der Waals surface area contributed by atoms with Gasteiger partial charge in [0.2, 0.25) is 0 Å². The van der Waals surface area contributed by atoms with Crippen molar-refractivity contribution in [2.75, 3.05) is 18.0 Å². The maximum Gasteiger partial charge on any atom is 0.270 e. The van der Waals surface area contributed by atoms with Crippen molar-refractivity contribution in [1.82, 2.24) is 0 Å². The molecule has 6 nitrogen and oxygen atoms in total. The zero-order valence-corrected chi connectivity index (χ0v) is 14.0. The van der Waals surface area contributed by atoms with Crippen LogP contribution < -0.4 is 4.90 Å². The number of nitrogens with zero attached hydrogens (tertiary/aromatic N) is 2. The van der Waals surface area contributed by atoms with Crippen molar-refractivity contribution >= 4 is 29.0 Å². The van der Waals surface area contributed by atoms with E-state index in [1.807, 2.05) is 0 Å². The molecule has 2 aromatic rings. The summed E-state index contributed by atoms with van der Waals surface area (Å²) in [6.07, 6.45) is 3.61. The van der Waals surface area contributed by atoms with Gasteiger partial charge in [0.25, 0.3) is 5.69 Å². The minimum Gasteiger partial charge on any atom is -0.371 e. The number of nitro benzene ring substituents is 1. The van der Waals surface area contributed by atoms with Crippen LogP contribution >= 0.6 is 0 Å². The molecule has 0 atom stereocenters. The lowest BCUT2D eigenvalue weighted by Gasteiger charge is -2.20. The molecule has 26 heavy (non-hydrogen) atoms. The summed E-state index contributed by atoms with van der Waals surface area (Å²) in [6.45, 7) is 1.71. The number of carbonyl (C=O) groups is 2. The van der Waals surface area contributed by atoms with Crippen molar-refractivity contribution in [3.8, 4) is 0 Å². The van der Waals surface area contributed by atoms with Crippen LogP contribution in [0.5, 0.6) is 0 Å².